The zero-order chi connectivity index (χ0) is 12.3. The summed E-state index contributed by atoms with van der Waals surface area (Å²) in [6, 6.07) is 4.62. The third-order valence-corrected chi connectivity index (χ3v) is 2.37. The van der Waals surface area contributed by atoms with Crippen molar-refractivity contribution in [2.24, 2.45) is 0 Å². The molecule has 1 aromatic rings. The van der Waals surface area contributed by atoms with E-state index in [0.717, 1.165) is 0 Å². The summed E-state index contributed by atoms with van der Waals surface area (Å²) in [6.45, 7) is 1.36. The average molecular weight is 239 g/mol. The molecule has 0 saturated carbocycles. The number of benzene rings is 1. The Kier molecular flexibility index (Phi) is 3.84. The fourth-order valence-corrected chi connectivity index (χ4v) is 1.23. The molecule has 1 aromatic carbocycles. The van der Waals surface area contributed by atoms with Gasteiger partial charge in [0.15, 0.2) is 5.78 Å². The number of carbonyl (C=O) groups is 1. The van der Waals surface area contributed by atoms with E-state index in [1.807, 2.05) is 0 Å². The van der Waals surface area contributed by atoms with Crippen LogP contribution in [-0.2, 0) is 0 Å². The Morgan fingerprint density at radius 2 is 2.06 bits per heavy atom. The van der Waals surface area contributed by atoms with E-state index in [1.165, 1.54) is 13.0 Å². The maximum atomic E-state index is 11.3. The number of carbonyl (C=O) groups excluding carboxylic acids is 1. The van der Waals surface area contributed by atoms with Crippen molar-refractivity contribution in [3.8, 4) is 11.5 Å². The molecule has 0 amide bonds. The predicted octanol–water partition coefficient (Wildman–Crippen LogP) is 1.82. The van der Waals surface area contributed by atoms with Gasteiger partial charge in [0, 0.05) is 14.1 Å². The number of phenolic OH excluding ortho intramolecular Hbond substituents is 1. The summed E-state index contributed by atoms with van der Waals surface area (Å²) in [5, 5.41) is 9.79. The molecule has 0 aliphatic heterocycles. The van der Waals surface area contributed by atoms with Crippen LogP contribution in [0.5, 0.6) is 11.5 Å². The molecule has 0 aromatic heterocycles. The van der Waals surface area contributed by atoms with Gasteiger partial charge in [-0.1, -0.05) is 6.07 Å². The first-order valence-corrected chi connectivity index (χ1v) is 5.06. The first kappa shape index (κ1) is 12.4. The van der Waals surface area contributed by atoms with Crippen molar-refractivity contribution in [2.45, 2.75) is 6.92 Å². The molecule has 0 aliphatic carbocycles. The minimum absolute atomic E-state index is 0.105. The highest BCUT2D eigenvalue weighted by molar-refractivity contribution is 7.80. The van der Waals surface area contributed by atoms with Crippen molar-refractivity contribution < 1.29 is 14.6 Å². The van der Waals surface area contributed by atoms with Gasteiger partial charge in [-0.05, 0) is 31.3 Å². The number of ketones is 1. The SMILES string of the molecule is CC(=O)c1c(O)cccc1OC(=S)N(C)C. The van der Waals surface area contributed by atoms with E-state index in [1.54, 1.807) is 31.1 Å². The van der Waals surface area contributed by atoms with E-state index in [9.17, 15) is 9.90 Å². The number of thiocarbonyl (C=S) groups is 1. The lowest BCUT2D eigenvalue weighted by Crippen LogP contribution is -2.25. The van der Waals surface area contributed by atoms with Crippen LogP contribution in [0.1, 0.15) is 17.3 Å². The van der Waals surface area contributed by atoms with Gasteiger partial charge < -0.3 is 14.7 Å². The van der Waals surface area contributed by atoms with E-state index in [4.69, 9.17) is 17.0 Å². The minimum Gasteiger partial charge on any atom is -0.507 e. The van der Waals surface area contributed by atoms with E-state index in [2.05, 4.69) is 0 Å². The molecule has 0 radical (unpaired) electrons. The molecule has 0 heterocycles. The highest BCUT2D eigenvalue weighted by Crippen LogP contribution is 2.28. The van der Waals surface area contributed by atoms with Gasteiger partial charge in [-0.2, -0.15) is 0 Å². The van der Waals surface area contributed by atoms with Gasteiger partial charge in [-0.25, -0.2) is 0 Å². The van der Waals surface area contributed by atoms with Gasteiger partial charge in [0.05, 0.1) is 0 Å². The van der Waals surface area contributed by atoms with Gasteiger partial charge >= 0.3 is 0 Å². The maximum Gasteiger partial charge on any atom is 0.264 e. The second kappa shape index (κ2) is 4.94. The summed E-state index contributed by atoms with van der Waals surface area (Å²) in [6.07, 6.45) is 0. The average Bonchev–Trinajstić information content (AvgIpc) is 2.16. The monoisotopic (exact) mass is 239 g/mol. The van der Waals surface area contributed by atoms with Crippen LogP contribution in [0.25, 0.3) is 0 Å². The van der Waals surface area contributed by atoms with Crippen LogP contribution < -0.4 is 4.74 Å². The Morgan fingerprint density at radius 1 is 1.44 bits per heavy atom. The molecule has 0 spiro atoms. The molecule has 16 heavy (non-hydrogen) atoms. The predicted molar refractivity (Wildman–Crippen MR) is 65.0 cm³/mol. The number of phenols is 1. The number of hydrogen-bond acceptors (Lipinski definition) is 4. The molecule has 86 valence electrons. The zero-order valence-corrected chi connectivity index (χ0v) is 10.2. The van der Waals surface area contributed by atoms with Gasteiger partial charge in [0.1, 0.15) is 17.1 Å². The molecule has 0 saturated heterocycles. The smallest absolute Gasteiger partial charge is 0.264 e. The third-order valence-electron chi connectivity index (χ3n) is 1.92. The Bertz CT molecular complexity index is 429. The van der Waals surface area contributed by atoms with Crippen LogP contribution in [0.3, 0.4) is 0 Å². The molecule has 0 fully saturated rings. The van der Waals surface area contributed by atoms with Crippen molar-refractivity contribution in [3.63, 3.8) is 0 Å². The first-order valence-electron chi connectivity index (χ1n) is 4.65. The van der Waals surface area contributed by atoms with Crippen LogP contribution in [0, 0.1) is 0 Å². The second-order valence-electron chi connectivity index (χ2n) is 3.47. The van der Waals surface area contributed by atoms with E-state index < -0.39 is 0 Å². The number of ether oxygens (including phenoxy) is 1. The molecule has 4 nitrogen and oxygen atoms in total. The topological polar surface area (TPSA) is 49.8 Å². The Morgan fingerprint density at radius 3 is 2.56 bits per heavy atom. The standard InChI is InChI=1S/C11H13NO3S/c1-7(13)10-8(14)5-4-6-9(10)15-11(16)12(2)3/h4-6,14H,1-3H3. The third kappa shape index (κ3) is 2.70. The summed E-state index contributed by atoms with van der Waals surface area (Å²) in [5.41, 5.74) is 0.145. The Labute approximate surface area is 99.4 Å². The van der Waals surface area contributed by atoms with Crippen LogP contribution in [0.2, 0.25) is 0 Å². The maximum absolute atomic E-state index is 11.3. The molecule has 1 N–H and O–H groups in total. The minimum atomic E-state index is -0.269. The lowest BCUT2D eigenvalue weighted by atomic mass is 10.1. The van der Waals surface area contributed by atoms with Gasteiger partial charge in [-0.15, -0.1) is 0 Å². The van der Waals surface area contributed by atoms with Gasteiger partial charge in [0.2, 0.25) is 0 Å². The molecule has 0 unspecified atom stereocenters. The number of hydrogen-bond donors (Lipinski definition) is 1. The van der Waals surface area contributed by atoms with E-state index in [0.29, 0.717) is 0 Å². The van der Waals surface area contributed by atoms with Crippen molar-refractivity contribution in [1.82, 2.24) is 4.90 Å². The summed E-state index contributed by atoms with van der Waals surface area (Å²) in [5.74, 6) is -0.104. The summed E-state index contributed by atoms with van der Waals surface area (Å²) in [4.78, 5) is 12.9. The highest BCUT2D eigenvalue weighted by atomic mass is 32.1. The van der Waals surface area contributed by atoms with Crippen LogP contribution in [-0.4, -0.2) is 35.1 Å². The molecule has 5 heteroatoms. The number of rotatable bonds is 2. The van der Waals surface area contributed by atoms with Crippen LogP contribution >= 0.6 is 12.2 Å². The molecular weight excluding hydrogens is 226 g/mol. The fourth-order valence-electron chi connectivity index (χ4n) is 1.14. The normalized spacial score (nSPS) is 9.69. The number of Topliss-reactive ketones (excluding diaryl/α,β-unsaturated/α-hetero) is 1. The van der Waals surface area contributed by atoms with Crippen molar-refractivity contribution >= 4 is 23.2 Å². The molecule has 0 atom stereocenters. The Balaban J connectivity index is 3.09. The largest absolute Gasteiger partial charge is 0.507 e. The summed E-state index contributed by atoms with van der Waals surface area (Å²) < 4.78 is 5.33. The lowest BCUT2D eigenvalue weighted by Gasteiger charge is -2.16. The molecule has 0 aliphatic rings. The second-order valence-corrected chi connectivity index (χ2v) is 3.82. The zero-order valence-electron chi connectivity index (χ0n) is 9.35. The van der Waals surface area contributed by atoms with Crippen molar-refractivity contribution in [3.05, 3.63) is 23.8 Å². The van der Waals surface area contributed by atoms with Crippen LogP contribution in [0.15, 0.2) is 18.2 Å². The van der Waals surface area contributed by atoms with E-state index in [-0.39, 0.29) is 28.0 Å². The molecular formula is C11H13NO3S. The summed E-state index contributed by atoms with van der Waals surface area (Å²) in [7, 11) is 3.47. The fraction of sp³-hybridized carbons (Fsp3) is 0.273. The quantitative estimate of drug-likeness (QED) is 0.630. The molecule has 0 bridgehead atoms. The Hall–Kier alpha value is -1.62. The number of nitrogens with zero attached hydrogens (tertiary/aromatic N) is 1. The van der Waals surface area contributed by atoms with Gasteiger partial charge in [0.25, 0.3) is 5.17 Å². The highest BCUT2D eigenvalue weighted by Gasteiger charge is 2.15. The molecule has 1 rings (SSSR count). The van der Waals surface area contributed by atoms with Crippen molar-refractivity contribution in [2.75, 3.05) is 14.1 Å². The first-order chi connectivity index (χ1) is 7.43. The van der Waals surface area contributed by atoms with Crippen LogP contribution in [0.4, 0.5) is 0 Å². The van der Waals surface area contributed by atoms with Crippen molar-refractivity contribution in [1.29, 1.82) is 0 Å². The lowest BCUT2D eigenvalue weighted by molar-refractivity contribution is 0.101. The van der Waals surface area contributed by atoms with Gasteiger partial charge in [-0.3, -0.25) is 4.79 Å². The number of aromatic hydroxyl groups is 1. The van der Waals surface area contributed by atoms with E-state index >= 15 is 0 Å². The summed E-state index contributed by atoms with van der Waals surface area (Å²) >= 11 is 4.96.